The van der Waals surface area contributed by atoms with Gasteiger partial charge in [0.25, 0.3) is 0 Å². The van der Waals surface area contributed by atoms with E-state index in [1.165, 1.54) is 6.07 Å². The van der Waals surface area contributed by atoms with E-state index in [9.17, 15) is 9.18 Å². The summed E-state index contributed by atoms with van der Waals surface area (Å²) in [6.45, 7) is 12.3. The maximum absolute atomic E-state index is 14.3. The maximum Gasteiger partial charge on any atom is 0.415 e. The number of amides is 1. The number of hydrogen-bond donors (Lipinski definition) is 1. The molecule has 3 aromatic rings. The van der Waals surface area contributed by atoms with Crippen molar-refractivity contribution in [3.05, 3.63) is 59.9 Å². The maximum atomic E-state index is 14.3. The molecule has 1 amide bonds. The van der Waals surface area contributed by atoms with Gasteiger partial charge in [-0.1, -0.05) is 34.6 Å². The number of aromatic nitrogens is 4. The van der Waals surface area contributed by atoms with E-state index in [0.717, 1.165) is 5.56 Å². The number of anilines is 2. The summed E-state index contributed by atoms with van der Waals surface area (Å²) < 4.78 is 19.5. The van der Waals surface area contributed by atoms with Crippen LogP contribution in [0.25, 0.3) is 11.3 Å². The summed E-state index contributed by atoms with van der Waals surface area (Å²) in [5.74, 6) is 0.855. The Hall–Kier alpha value is -3.62. The van der Waals surface area contributed by atoms with Crippen LogP contribution in [0.3, 0.4) is 0 Å². The smallest absolute Gasteiger partial charge is 0.415 e. The van der Waals surface area contributed by atoms with Gasteiger partial charge in [0.05, 0.1) is 35.9 Å². The Morgan fingerprint density at radius 2 is 1.89 bits per heavy atom. The molecular weight excluding hydrogens is 447 g/mol. The third-order valence-electron chi connectivity index (χ3n) is 6.09. The Kier molecular flexibility index (Phi) is 6.69. The molecule has 1 aromatic carbocycles. The molecule has 0 bridgehead atoms. The van der Waals surface area contributed by atoms with Gasteiger partial charge in [-0.05, 0) is 48.1 Å². The molecule has 0 aliphatic carbocycles. The molecule has 3 heterocycles. The van der Waals surface area contributed by atoms with E-state index in [1.54, 1.807) is 35.6 Å². The second kappa shape index (κ2) is 9.56. The summed E-state index contributed by atoms with van der Waals surface area (Å²) in [6.07, 6.45) is 4.57. The van der Waals surface area contributed by atoms with Crippen molar-refractivity contribution in [1.82, 2.24) is 19.9 Å². The Labute approximate surface area is 205 Å². The monoisotopic (exact) mass is 478 g/mol. The molecule has 35 heavy (non-hydrogen) atoms. The van der Waals surface area contributed by atoms with Gasteiger partial charge in [-0.2, -0.15) is 4.98 Å². The van der Waals surface area contributed by atoms with Gasteiger partial charge in [0.1, 0.15) is 18.2 Å². The van der Waals surface area contributed by atoms with Crippen molar-refractivity contribution < 1.29 is 13.9 Å². The summed E-state index contributed by atoms with van der Waals surface area (Å²) >= 11 is 0. The molecule has 1 aliphatic rings. The minimum atomic E-state index is -0.404. The first-order chi connectivity index (χ1) is 16.5. The van der Waals surface area contributed by atoms with Crippen LogP contribution in [-0.4, -0.2) is 38.7 Å². The second-order valence-electron chi connectivity index (χ2n) is 10.1. The Morgan fingerprint density at radius 1 is 1.11 bits per heavy atom. The third-order valence-corrected chi connectivity index (χ3v) is 6.09. The average Bonchev–Trinajstić information content (AvgIpc) is 3.20. The molecule has 4 rings (SSSR count). The first-order valence-corrected chi connectivity index (χ1v) is 11.7. The Morgan fingerprint density at radius 3 is 2.54 bits per heavy atom. The van der Waals surface area contributed by atoms with Crippen LogP contribution in [0, 0.1) is 11.7 Å². The largest absolute Gasteiger partial charge is 0.447 e. The first kappa shape index (κ1) is 24.5. The molecular formula is C26H31FN6O2. The zero-order valence-corrected chi connectivity index (χ0v) is 20.9. The van der Waals surface area contributed by atoms with Gasteiger partial charge in [-0.25, -0.2) is 14.2 Å². The highest BCUT2D eigenvalue weighted by Gasteiger charge is 2.37. The molecule has 2 aromatic heterocycles. The van der Waals surface area contributed by atoms with Crippen LogP contribution >= 0.6 is 0 Å². The fraction of sp³-hybridized carbons (Fsp3) is 0.423. The SMILES string of the molecule is CC(C)[C@H]1COC(=O)N1c1ccnc(N[C@@H](C)c2cnc(-c3ccc(F)c(C(C)(C)C)c3)cn2)n1. The standard InChI is InChI=1S/C26H31FN6O2/c1-15(2)22-14-35-25(34)33(22)23-9-10-28-24(32-23)31-16(3)20-12-30-21(13-29-20)17-7-8-19(27)18(11-17)26(4,5)6/h7-13,15-16,22H,14H2,1-6H3,(H,28,31,32)/t16-,22+/m0/s1. The lowest BCUT2D eigenvalue weighted by Gasteiger charge is -2.23. The molecule has 2 atom stereocenters. The highest BCUT2D eigenvalue weighted by atomic mass is 19.1. The molecule has 9 heteroatoms. The molecule has 0 saturated carbocycles. The number of carbonyl (C=O) groups excluding carboxylic acids is 1. The lowest BCUT2D eigenvalue weighted by Crippen LogP contribution is -2.37. The summed E-state index contributed by atoms with van der Waals surface area (Å²) in [4.78, 5) is 31.8. The van der Waals surface area contributed by atoms with Crippen LogP contribution in [-0.2, 0) is 10.2 Å². The van der Waals surface area contributed by atoms with E-state index in [0.29, 0.717) is 35.3 Å². The van der Waals surface area contributed by atoms with Crippen LogP contribution in [0.5, 0.6) is 0 Å². The molecule has 1 saturated heterocycles. The molecule has 8 nitrogen and oxygen atoms in total. The van der Waals surface area contributed by atoms with Gasteiger partial charge in [-0.3, -0.25) is 14.9 Å². The van der Waals surface area contributed by atoms with Crippen molar-refractivity contribution in [2.24, 2.45) is 5.92 Å². The van der Waals surface area contributed by atoms with E-state index >= 15 is 0 Å². The van der Waals surface area contributed by atoms with Crippen molar-refractivity contribution in [2.75, 3.05) is 16.8 Å². The minimum Gasteiger partial charge on any atom is -0.447 e. The summed E-state index contributed by atoms with van der Waals surface area (Å²) in [5.41, 5.74) is 2.49. The Balaban J connectivity index is 1.50. The predicted molar refractivity (Wildman–Crippen MR) is 133 cm³/mol. The normalized spacial score (nSPS) is 17.0. The zero-order chi connectivity index (χ0) is 25.3. The number of ether oxygens (including phenoxy) is 1. The van der Waals surface area contributed by atoms with Gasteiger partial charge >= 0.3 is 6.09 Å². The van der Waals surface area contributed by atoms with Crippen molar-refractivity contribution in [1.29, 1.82) is 0 Å². The molecule has 0 radical (unpaired) electrons. The first-order valence-electron chi connectivity index (χ1n) is 11.7. The molecule has 184 valence electrons. The van der Waals surface area contributed by atoms with E-state index in [-0.39, 0.29) is 29.2 Å². The molecule has 1 fully saturated rings. The topological polar surface area (TPSA) is 93.1 Å². The fourth-order valence-electron chi connectivity index (χ4n) is 3.98. The quantitative estimate of drug-likeness (QED) is 0.498. The van der Waals surface area contributed by atoms with E-state index < -0.39 is 6.09 Å². The van der Waals surface area contributed by atoms with Crippen molar-refractivity contribution in [3.8, 4) is 11.3 Å². The van der Waals surface area contributed by atoms with E-state index in [1.807, 2.05) is 47.6 Å². The van der Waals surface area contributed by atoms with Gasteiger partial charge in [0.2, 0.25) is 5.95 Å². The number of benzene rings is 1. The second-order valence-corrected chi connectivity index (χ2v) is 10.1. The molecule has 1 N–H and O–H groups in total. The van der Waals surface area contributed by atoms with E-state index in [4.69, 9.17) is 4.74 Å². The highest BCUT2D eigenvalue weighted by molar-refractivity contribution is 5.89. The van der Waals surface area contributed by atoms with Crippen LogP contribution in [0.2, 0.25) is 0 Å². The van der Waals surface area contributed by atoms with Crippen molar-refractivity contribution >= 4 is 17.9 Å². The van der Waals surface area contributed by atoms with Crippen LogP contribution in [0.15, 0.2) is 42.9 Å². The zero-order valence-electron chi connectivity index (χ0n) is 20.9. The van der Waals surface area contributed by atoms with Crippen LogP contribution in [0.4, 0.5) is 21.0 Å². The lowest BCUT2D eigenvalue weighted by molar-refractivity contribution is 0.177. The number of halogens is 1. The molecule has 0 unspecified atom stereocenters. The molecule has 0 spiro atoms. The van der Waals surface area contributed by atoms with Gasteiger partial charge in [-0.15, -0.1) is 0 Å². The van der Waals surface area contributed by atoms with Crippen LogP contribution < -0.4 is 10.2 Å². The van der Waals surface area contributed by atoms with Crippen molar-refractivity contribution in [3.63, 3.8) is 0 Å². The van der Waals surface area contributed by atoms with Gasteiger partial charge < -0.3 is 10.1 Å². The number of cyclic esters (lactones) is 1. The Bertz CT molecular complexity index is 1210. The number of rotatable bonds is 6. The minimum absolute atomic E-state index is 0.0775. The highest BCUT2D eigenvalue weighted by Crippen LogP contribution is 2.30. The number of nitrogens with zero attached hydrogens (tertiary/aromatic N) is 5. The number of hydrogen-bond acceptors (Lipinski definition) is 7. The summed E-state index contributed by atoms with van der Waals surface area (Å²) in [6, 6.07) is 6.39. The third kappa shape index (κ3) is 5.23. The van der Waals surface area contributed by atoms with Crippen molar-refractivity contribution in [2.45, 2.75) is 59.0 Å². The summed E-state index contributed by atoms with van der Waals surface area (Å²) in [5, 5.41) is 3.22. The van der Waals surface area contributed by atoms with Gasteiger partial charge in [0.15, 0.2) is 0 Å². The average molecular weight is 479 g/mol. The number of nitrogens with one attached hydrogen (secondary N) is 1. The summed E-state index contributed by atoms with van der Waals surface area (Å²) in [7, 11) is 0. The fourth-order valence-corrected chi connectivity index (χ4v) is 3.98. The van der Waals surface area contributed by atoms with Crippen LogP contribution in [0.1, 0.15) is 58.8 Å². The van der Waals surface area contributed by atoms with Gasteiger partial charge in [0, 0.05) is 11.8 Å². The lowest BCUT2D eigenvalue weighted by atomic mass is 9.85. The number of carbonyl (C=O) groups is 1. The predicted octanol–water partition coefficient (Wildman–Crippen LogP) is 5.52. The molecule has 1 aliphatic heterocycles. The van der Waals surface area contributed by atoms with E-state index in [2.05, 4.69) is 25.3 Å².